The SMILES string of the molecule is CCCCCNC(=O)O[C@@H]1CCN([C@@H]2CCCC[C@H]2OCCc2ccc(OC)c(OC)c2)C1. The van der Waals surface area contributed by atoms with Crippen molar-refractivity contribution in [2.24, 2.45) is 0 Å². The first-order chi connectivity index (χ1) is 16.1. The summed E-state index contributed by atoms with van der Waals surface area (Å²) in [7, 11) is 3.31. The van der Waals surface area contributed by atoms with Crippen LogP contribution in [0.1, 0.15) is 63.9 Å². The Hall–Kier alpha value is -1.99. The number of alkyl carbamates (subject to hydrolysis) is 1. The number of hydrogen-bond donors (Lipinski definition) is 1. The standard InChI is InChI=1S/C26H42N2O5/c1-4-5-8-15-27-26(29)33-21-13-16-28(19-21)22-9-6-7-10-23(22)32-17-14-20-11-12-24(30-2)25(18-20)31-3/h11-12,18,21-23H,4-10,13-17,19H2,1-3H3,(H,27,29)/t21-,22-,23-/m1/s1. The zero-order valence-corrected chi connectivity index (χ0v) is 20.6. The molecule has 3 rings (SSSR count). The second-order valence-corrected chi connectivity index (χ2v) is 9.15. The third kappa shape index (κ3) is 7.78. The lowest BCUT2D eigenvalue weighted by molar-refractivity contribution is -0.0319. The highest BCUT2D eigenvalue weighted by Gasteiger charge is 2.36. The molecular formula is C26H42N2O5. The van der Waals surface area contributed by atoms with E-state index in [1.807, 2.05) is 12.1 Å². The van der Waals surface area contributed by atoms with Crippen molar-refractivity contribution in [1.82, 2.24) is 10.2 Å². The molecule has 0 bridgehead atoms. The Labute approximate surface area is 199 Å². The van der Waals surface area contributed by atoms with E-state index in [0.717, 1.165) is 69.5 Å². The Morgan fingerprint density at radius 2 is 1.91 bits per heavy atom. The number of nitrogens with zero attached hydrogens (tertiary/aromatic N) is 1. The van der Waals surface area contributed by atoms with E-state index >= 15 is 0 Å². The number of carbonyl (C=O) groups excluding carboxylic acids is 1. The van der Waals surface area contributed by atoms with Crippen LogP contribution in [-0.4, -0.2) is 69.7 Å². The van der Waals surface area contributed by atoms with Gasteiger partial charge in [0.1, 0.15) is 6.10 Å². The van der Waals surface area contributed by atoms with Crippen molar-refractivity contribution < 1.29 is 23.7 Å². The van der Waals surface area contributed by atoms with Gasteiger partial charge in [-0.15, -0.1) is 0 Å². The van der Waals surface area contributed by atoms with Crippen LogP contribution in [0.3, 0.4) is 0 Å². The quantitative estimate of drug-likeness (QED) is 0.459. The summed E-state index contributed by atoms with van der Waals surface area (Å²) < 4.78 is 22.8. The van der Waals surface area contributed by atoms with Crippen molar-refractivity contribution in [1.29, 1.82) is 0 Å². The van der Waals surface area contributed by atoms with E-state index < -0.39 is 0 Å². The van der Waals surface area contributed by atoms with Gasteiger partial charge >= 0.3 is 6.09 Å². The lowest BCUT2D eigenvalue weighted by atomic mass is 9.91. The van der Waals surface area contributed by atoms with E-state index in [1.165, 1.54) is 18.4 Å². The Morgan fingerprint density at radius 1 is 1.09 bits per heavy atom. The van der Waals surface area contributed by atoms with Gasteiger partial charge in [0.05, 0.1) is 26.9 Å². The molecule has 33 heavy (non-hydrogen) atoms. The van der Waals surface area contributed by atoms with Crippen molar-refractivity contribution in [2.75, 3.05) is 40.5 Å². The molecule has 1 amide bonds. The molecule has 1 aliphatic heterocycles. The summed E-state index contributed by atoms with van der Waals surface area (Å²) in [6.07, 6.45) is 9.66. The van der Waals surface area contributed by atoms with Crippen molar-refractivity contribution in [3.63, 3.8) is 0 Å². The first-order valence-corrected chi connectivity index (χ1v) is 12.7. The van der Waals surface area contributed by atoms with Crippen LogP contribution < -0.4 is 14.8 Å². The van der Waals surface area contributed by atoms with E-state index in [9.17, 15) is 4.79 Å². The number of benzene rings is 1. The van der Waals surface area contributed by atoms with Crippen LogP contribution in [0.2, 0.25) is 0 Å². The molecule has 2 aliphatic rings. The predicted octanol–water partition coefficient (Wildman–Crippen LogP) is 4.56. The second-order valence-electron chi connectivity index (χ2n) is 9.15. The average molecular weight is 463 g/mol. The monoisotopic (exact) mass is 462 g/mol. The number of amides is 1. The van der Waals surface area contributed by atoms with Gasteiger partial charge in [-0.3, -0.25) is 4.90 Å². The number of hydrogen-bond acceptors (Lipinski definition) is 6. The summed E-state index contributed by atoms with van der Waals surface area (Å²) in [6.45, 7) is 5.31. The number of rotatable bonds is 12. The van der Waals surface area contributed by atoms with Crippen molar-refractivity contribution in [3.05, 3.63) is 23.8 Å². The molecule has 2 fully saturated rings. The summed E-state index contributed by atoms with van der Waals surface area (Å²) in [4.78, 5) is 14.6. The molecule has 7 nitrogen and oxygen atoms in total. The largest absolute Gasteiger partial charge is 0.493 e. The molecule has 1 aromatic carbocycles. The number of nitrogens with one attached hydrogen (secondary N) is 1. The number of unbranched alkanes of at least 4 members (excludes halogenated alkanes) is 2. The van der Waals surface area contributed by atoms with Gasteiger partial charge in [0.15, 0.2) is 11.5 Å². The lowest BCUT2D eigenvalue weighted by Gasteiger charge is -2.37. The van der Waals surface area contributed by atoms with Gasteiger partial charge in [0.25, 0.3) is 0 Å². The highest BCUT2D eigenvalue weighted by Crippen LogP contribution is 2.30. The summed E-state index contributed by atoms with van der Waals surface area (Å²) in [5.74, 6) is 1.50. The average Bonchev–Trinajstić information content (AvgIpc) is 3.30. The maximum absolute atomic E-state index is 12.1. The number of ether oxygens (including phenoxy) is 4. The molecule has 0 radical (unpaired) electrons. The fraction of sp³-hybridized carbons (Fsp3) is 0.731. The molecule has 7 heteroatoms. The minimum atomic E-state index is -0.274. The minimum Gasteiger partial charge on any atom is -0.493 e. The van der Waals surface area contributed by atoms with Gasteiger partial charge in [0, 0.05) is 25.7 Å². The molecule has 3 atom stereocenters. The van der Waals surface area contributed by atoms with Crippen LogP contribution in [-0.2, 0) is 15.9 Å². The van der Waals surface area contributed by atoms with Crippen LogP contribution in [0.4, 0.5) is 4.79 Å². The number of methoxy groups -OCH3 is 2. The molecule has 186 valence electrons. The summed E-state index contributed by atoms with van der Waals surface area (Å²) >= 11 is 0. The van der Waals surface area contributed by atoms with Crippen LogP contribution in [0, 0.1) is 0 Å². The Balaban J connectivity index is 1.44. The normalized spacial score (nSPS) is 23.3. The van der Waals surface area contributed by atoms with Crippen LogP contribution >= 0.6 is 0 Å². The minimum absolute atomic E-state index is 0.0227. The Kier molecular flexibility index (Phi) is 10.6. The highest BCUT2D eigenvalue weighted by atomic mass is 16.6. The first-order valence-electron chi connectivity index (χ1n) is 12.7. The highest BCUT2D eigenvalue weighted by molar-refractivity contribution is 5.67. The van der Waals surface area contributed by atoms with Gasteiger partial charge in [-0.25, -0.2) is 4.79 Å². The lowest BCUT2D eigenvalue weighted by Crippen LogP contribution is -2.46. The molecule has 1 N–H and O–H groups in total. The molecule has 0 aromatic heterocycles. The number of carbonyl (C=O) groups is 1. The summed E-state index contributed by atoms with van der Waals surface area (Å²) in [5.41, 5.74) is 1.18. The molecule has 1 saturated heterocycles. The molecule has 1 aromatic rings. The smallest absolute Gasteiger partial charge is 0.407 e. The summed E-state index contributed by atoms with van der Waals surface area (Å²) in [6, 6.07) is 6.45. The fourth-order valence-electron chi connectivity index (χ4n) is 4.96. The van der Waals surface area contributed by atoms with E-state index in [0.29, 0.717) is 19.2 Å². The van der Waals surface area contributed by atoms with Crippen LogP contribution in [0.25, 0.3) is 0 Å². The number of likely N-dealkylation sites (tertiary alicyclic amines) is 1. The maximum Gasteiger partial charge on any atom is 0.407 e. The van der Waals surface area contributed by atoms with Crippen molar-refractivity contribution >= 4 is 6.09 Å². The summed E-state index contributed by atoms with van der Waals surface area (Å²) in [5, 5.41) is 2.89. The molecule has 1 heterocycles. The van der Waals surface area contributed by atoms with Crippen LogP contribution in [0.5, 0.6) is 11.5 Å². The Morgan fingerprint density at radius 3 is 2.70 bits per heavy atom. The van der Waals surface area contributed by atoms with E-state index in [-0.39, 0.29) is 18.3 Å². The van der Waals surface area contributed by atoms with Gasteiger partial charge in [-0.05, 0) is 49.8 Å². The van der Waals surface area contributed by atoms with Gasteiger partial charge in [0.2, 0.25) is 0 Å². The molecule has 0 spiro atoms. The topological polar surface area (TPSA) is 69.3 Å². The second kappa shape index (κ2) is 13.7. The molecule has 0 unspecified atom stereocenters. The first kappa shape index (κ1) is 25.6. The Bertz CT molecular complexity index is 729. The zero-order valence-electron chi connectivity index (χ0n) is 20.6. The molecule has 1 aliphatic carbocycles. The third-order valence-electron chi connectivity index (χ3n) is 6.81. The third-order valence-corrected chi connectivity index (χ3v) is 6.81. The van der Waals surface area contributed by atoms with E-state index in [2.05, 4.69) is 23.2 Å². The zero-order chi connectivity index (χ0) is 23.5. The van der Waals surface area contributed by atoms with Crippen molar-refractivity contribution in [3.8, 4) is 11.5 Å². The van der Waals surface area contributed by atoms with E-state index in [4.69, 9.17) is 18.9 Å². The van der Waals surface area contributed by atoms with Gasteiger partial charge in [-0.2, -0.15) is 0 Å². The van der Waals surface area contributed by atoms with E-state index in [1.54, 1.807) is 14.2 Å². The van der Waals surface area contributed by atoms with Gasteiger partial charge in [-0.1, -0.05) is 38.7 Å². The van der Waals surface area contributed by atoms with Gasteiger partial charge < -0.3 is 24.3 Å². The molecule has 1 saturated carbocycles. The maximum atomic E-state index is 12.1. The fourth-order valence-corrected chi connectivity index (χ4v) is 4.96. The molecular weight excluding hydrogens is 420 g/mol. The van der Waals surface area contributed by atoms with Crippen molar-refractivity contribution in [2.45, 2.75) is 83.0 Å². The predicted molar refractivity (Wildman–Crippen MR) is 129 cm³/mol. The van der Waals surface area contributed by atoms with Crippen LogP contribution in [0.15, 0.2) is 18.2 Å².